The summed E-state index contributed by atoms with van der Waals surface area (Å²) in [4.78, 5) is 37.7. The summed E-state index contributed by atoms with van der Waals surface area (Å²) in [6, 6.07) is 4.74. The van der Waals surface area contributed by atoms with Crippen molar-refractivity contribution in [1.29, 1.82) is 0 Å². The highest BCUT2D eigenvalue weighted by molar-refractivity contribution is 6.06. The van der Waals surface area contributed by atoms with Crippen molar-refractivity contribution in [3.8, 4) is 0 Å². The number of halogens is 1. The second-order valence-corrected chi connectivity index (χ2v) is 7.38. The lowest BCUT2D eigenvalue weighted by molar-refractivity contribution is -0.136. The molecular formula is C25H27FN4O4. The first-order valence-corrected chi connectivity index (χ1v) is 10.1. The number of benzene rings is 2. The molecule has 2 fully saturated rings. The number of rotatable bonds is 6. The molecule has 0 radical (unpaired) electrons. The Bertz CT molecular complexity index is 1700. The molecule has 2 N–H and O–H groups in total. The van der Waals surface area contributed by atoms with Crippen LogP contribution in [0.5, 0.6) is 0 Å². The van der Waals surface area contributed by atoms with Crippen LogP contribution in [0.2, 0.25) is 0 Å². The largest absolute Gasteiger partial charge is 0.381 e. The summed E-state index contributed by atoms with van der Waals surface area (Å²) in [5.74, 6) is -4.17. The summed E-state index contributed by atoms with van der Waals surface area (Å²) in [6.45, 7) is -24.4. The maximum atomic E-state index is 16.3. The first-order valence-electron chi connectivity index (χ1n) is 17.1. The zero-order chi connectivity index (χ0) is 36.2. The number of anilines is 1. The number of imide groups is 1. The van der Waals surface area contributed by atoms with Gasteiger partial charge in [0.05, 0.1) is 24.1 Å². The fourth-order valence-corrected chi connectivity index (χ4v) is 3.62. The Morgan fingerprint density at radius 1 is 1.15 bits per heavy atom. The molecule has 2 saturated heterocycles. The monoisotopic (exact) mass is 480 g/mol. The van der Waals surface area contributed by atoms with Crippen LogP contribution in [0.1, 0.15) is 59.1 Å². The number of hydrogen-bond donors (Lipinski definition) is 2. The number of amides is 3. The van der Waals surface area contributed by atoms with Gasteiger partial charge in [0.25, 0.3) is 5.91 Å². The predicted octanol–water partition coefficient (Wildman–Crippen LogP) is 2.03. The van der Waals surface area contributed by atoms with Crippen molar-refractivity contribution in [3.05, 3.63) is 64.5 Å². The highest BCUT2D eigenvalue weighted by Crippen LogP contribution is 2.32. The van der Waals surface area contributed by atoms with E-state index in [0.29, 0.717) is 11.0 Å². The van der Waals surface area contributed by atoms with Crippen LogP contribution in [0.25, 0.3) is 0 Å². The van der Waals surface area contributed by atoms with Crippen molar-refractivity contribution >= 4 is 23.4 Å². The first-order chi connectivity index (χ1) is 21.7. The van der Waals surface area contributed by atoms with Crippen molar-refractivity contribution < 1.29 is 42.7 Å². The van der Waals surface area contributed by atoms with Crippen LogP contribution in [0.15, 0.2) is 36.4 Å². The average molecular weight is 481 g/mol. The fourth-order valence-electron chi connectivity index (χ4n) is 3.62. The van der Waals surface area contributed by atoms with Crippen LogP contribution in [-0.4, -0.2) is 59.7 Å². The van der Waals surface area contributed by atoms with Crippen LogP contribution in [0, 0.1) is 5.82 Å². The van der Waals surface area contributed by atoms with E-state index in [1.807, 2.05) is 5.32 Å². The van der Waals surface area contributed by atoms with E-state index < -0.39 is 96.8 Å². The third kappa shape index (κ3) is 4.41. The molecule has 3 heterocycles. The van der Waals surface area contributed by atoms with E-state index in [-0.39, 0.29) is 24.1 Å². The molecule has 1 atom stereocenters. The zero-order valence-electron chi connectivity index (χ0n) is 31.4. The lowest BCUT2D eigenvalue weighted by atomic mass is 10.0. The number of fused-ring (bicyclic) bond motifs is 1. The molecule has 0 aromatic heterocycles. The standard InChI is InChI=1S/C25H27FN4O4/c26-23-16(3-1-4-17(23)14-29-9-11-34-12-10-29)13-27-20-6-2-5-18-19(20)15-30(25(18)33)21-7-8-22(31)28-24(21)32/h1-6,21,27H,7-15H2,(H,28,31,32)/i9D2,10D2,11D2,12D2,13D2,14D2,15D2. The van der Waals surface area contributed by atoms with E-state index in [2.05, 4.69) is 10.1 Å². The van der Waals surface area contributed by atoms with Gasteiger partial charge in [0.2, 0.25) is 11.8 Å². The Morgan fingerprint density at radius 3 is 2.71 bits per heavy atom. The van der Waals surface area contributed by atoms with Crippen molar-refractivity contribution in [2.24, 2.45) is 0 Å². The van der Waals surface area contributed by atoms with Crippen LogP contribution in [-0.2, 0) is 33.8 Å². The maximum absolute atomic E-state index is 16.3. The highest BCUT2D eigenvalue weighted by Gasteiger charge is 2.39. The summed E-state index contributed by atoms with van der Waals surface area (Å²) in [7, 11) is 0. The van der Waals surface area contributed by atoms with Gasteiger partial charge in [-0.15, -0.1) is 0 Å². The minimum absolute atomic E-state index is 0.175. The van der Waals surface area contributed by atoms with Gasteiger partial charge in [-0.05, 0) is 18.6 Å². The van der Waals surface area contributed by atoms with Crippen LogP contribution < -0.4 is 10.6 Å². The van der Waals surface area contributed by atoms with E-state index in [1.165, 1.54) is 12.1 Å². The molecule has 178 valence electrons. The number of carbonyl (C=O) groups excluding carboxylic acids is 3. The zero-order valence-corrected chi connectivity index (χ0v) is 17.4. The Hall–Kier alpha value is -3.30. The molecule has 0 spiro atoms. The average Bonchev–Trinajstić information content (AvgIpc) is 3.12. The number of hydrogen-bond acceptors (Lipinski definition) is 6. The number of carbonyl (C=O) groups is 3. The molecule has 0 saturated carbocycles. The Kier molecular flexibility index (Phi) is 3.20. The summed E-state index contributed by atoms with van der Waals surface area (Å²) in [6.07, 6.45) is -0.359. The molecule has 3 aliphatic heterocycles. The fraction of sp³-hybridized carbons (Fsp3) is 0.400. The number of ether oxygens (including phenoxy) is 1. The molecule has 0 bridgehead atoms. The number of piperidine rings is 1. The van der Waals surface area contributed by atoms with Gasteiger partial charge in [0.15, 0.2) is 0 Å². The SMILES string of the molecule is [2H]C([2H])(Nc1cccc2c1C([2H])([2H])N(C1CCC(=O)NC1=O)C2=O)c1cccc(C([2H])([2H])N2C([2H])([2H])C([2H])([2H])OC([2H])([2H])C2([2H])[2H])c1F. The van der Waals surface area contributed by atoms with Gasteiger partial charge in [-0.3, -0.25) is 24.6 Å². The number of nitrogens with zero attached hydrogens (tertiary/aromatic N) is 2. The molecule has 2 aromatic rings. The highest BCUT2D eigenvalue weighted by atomic mass is 19.1. The van der Waals surface area contributed by atoms with Crippen molar-refractivity contribution in [1.82, 2.24) is 15.1 Å². The molecule has 8 nitrogen and oxygen atoms in total. The quantitative estimate of drug-likeness (QED) is 0.615. The summed E-state index contributed by atoms with van der Waals surface area (Å²) < 4.78 is 137. The first kappa shape index (κ1) is 11.4. The van der Waals surface area contributed by atoms with Gasteiger partial charge < -0.3 is 15.0 Å². The lowest BCUT2D eigenvalue weighted by Gasteiger charge is -2.29. The Balaban J connectivity index is 1.56. The van der Waals surface area contributed by atoms with E-state index in [9.17, 15) is 14.4 Å². The predicted molar refractivity (Wildman–Crippen MR) is 122 cm³/mol. The number of morpholine rings is 1. The summed E-state index contributed by atoms with van der Waals surface area (Å²) in [5, 5.41) is 4.35. The molecule has 2 aromatic carbocycles. The van der Waals surface area contributed by atoms with E-state index in [4.69, 9.17) is 19.2 Å². The summed E-state index contributed by atoms with van der Waals surface area (Å²) >= 11 is 0. The van der Waals surface area contributed by atoms with Gasteiger partial charge in [-0.25, -0.2) is 4.39 Å². The van der Waals surface area contributed by atoms with Crippen molar-refractivity contribution in [2.45, 2.75) is 38.4 Å². The molecule has 3 aliphatic rings. The third-order valence-electron chi connectivity index (χ3n) is 5.25. The Labute approximate surface area is 216 Å². The van der Waals surface area contributed by atoms with Gasteiger partial charge in [-0.2, -0.15) is 0 Å². The lowest BCUT2D eigenvalue weighted by Crippen LogP contribution is -2.52. The minimum atomic E-state index is -3.76. The van der Waals surface area contributed by atoms with Crippen molar-refractivity contribution in [3.63, 3.8) is 0 Å². The molecule has 3 amide bonds. The molecular weight excluding hydrogens is 439 g/mol. The Morgan fingerprint density at radius 2 is 1.91 bits per heavy atom. The van der Waals surface area contributed by atoms with Crippen LogP contribution in [0.3, 0.4) is 0 Å². The molecule has 9 heteroatoms. The van der Waals surface area contributed by atoms with E-state index >= 15 is 4.39 Å². The van der Waals surface area contributed by atoms with Gasteiger partial charge in [0.1, 0.15) is 11.9 Å². The second kappa shape index (κ2) is 9.52. The second-order valence-electron chi connectivity index (χ2n) is 7.38. The maximum Gasteiger partial charge on any atom is 0.255 e. The van der Waals surface area contributed by atoms with Gasteiger partial charge in [0, 0.05) is 75.1 Å². The van der Waals surface area contributed by atoms with Crippen molar-refractivity contribution in [2.75, 3.05) is 31.4 Å². The molecule has 0 aliphatic carbocycles. The molecule has 1 unspecified atom stereocenters. The van der Waals surface area contributed by atoms with E-state index in [1.54, 1.807) is 0 Å². The van der Waals surface area contributed by atoms with Gasteiger partial charge >= 0.3 is 0 Å². The van der Waals surface area contributed by atoms with Crippen LogP contribution >= 0.6 is 0 Å². The number of nitrogens with one attached hydrogen (secondary N) is 2. The smallest absolute Gasteiger partial charge is 0.255 e. The molecule has 34 heavy (non-hydrogen) atoms. The summed E-state index contributed by atoms with van der Waals surface area (Å²) in [5.41, 5.74) is -3.24. The molecule has 5 rings (SSSR count). The normalized spacial score (nSPS) is 35.3. The van der Waals surface area contributed by atoms with Gasteiger partial charge in [-0.1, -0.05) is 24.3 Å². The third-order valence-corrected chi connectivity index (χ3v) is 5.25. The van der Waals surface area contributed by atoms with E-state index in [0.717, 1.165) is 18.2 Å². The topological polar surface area (TPSA) is 91.0 Å². The minimum Gasteiger partial charge on any atom is -0.381 e. The van der Waals surface area contributed by atoms with Crippen LogP contribution in [0.4, 0.5) is 10.1 Å².